The van der Waals surface area contributed by atoms with Gasteiger partial charge < -0.3 is 14.6 Å². The molecule has 0 bridgehead atoms. The van der Waals surface area contributed by atoms with Gasteiger partial charge >= 0.3 is 5.97 Å². The van der Waals surface area contributed by atoms with Crippen molar-refractivity contribution >= 4 is 11.9 Å². The maximum absolute atomic E-state index is 12.9. The predicted molar refractivity (Wildman–Crippen MR) is 86.6 cm³/mol. The van der Waals surface area contributed by atoms with Crippen molar-refractivity contribution in [3.05, 3.63) is 53.1 Å². The van der Waals surface area contributed by atoms with E-state index in [4.69, 9.17) is 0 Å². The number of fused-ring (bicyclic) bond motifs is 2. The van der Waals surface area contributed by atoms with E-state index in [0.717, 1.165) is 42.8 Å². The zero-order chi connectivity index (χ0) is 16.7. The highest BCUT2D eigenvalue weighted by Gasteiger charge is 2.36. The molecule has 1 aromatic carbocycles. The van der Waals surface area contributed by atoms with Gasteiger partial charge in [-0.3, -0.25) is 4.79 Å². The number of aryl methyl sites for hydroxylation is 2. The first-order chi connectivity index (χ1) is 11.6. The Morgan fingerprint density at radius 3 is 2.71 bits per heavy atom. The standard InChI is InChI=1S/C18H19N3O3/c22-17(14-11-20-8-4-3-7-16(20)19-14)21-10-13-6-2-1-5-12(13)9-15(21)18(23)24/h1-2,5-6,11,15H,3-4,7-10H2,(H,23,24). The Morgan fingerprint density at radius 2 is 1.96 bits per heavy atom. The van der Waals surface area contributed by atoms with E-state index in [9.17, 15) is 14.7 Å². The summed E-state index contributed by atoms with van der Waals surface area (Å²) < 4.78 is 2.02. The third-order valence-electron chi connectivity index (χ3n) is 4.92. The first-order valence-corrected chi connectivity index (χ1v) is 8.30. The number of carbonyl (C=O) groups is 2. The average molecular weight is 325 g/mol. The van der Waals surface area contributed by atoms with Gasteiger partial charge in [0.25, 0.3) is 5.91 Å². The highest BCUT2D eigenvalue weighted by atomic mass is 16.4. The maximum Gasteiger partial charge on any atom is 0.326 e. The van der Waals surface area contributed by atoms with Crippen LogP contribution in [0.5, 0.6) is 0 Å². The van der Waals surface area contributed by atoms with Crippen molar-refractivity contribution < 1.29 is 14.7 Å². The topological polar surface area (TPSA) is 75.4 Å². The lowest BCUT2D eigenvalue weighted by molar-refractivity contribution is -0.142. The highest BCUT2D eigenvalue weighted by Crippen LogP contribution is 2.25. The van der Waals surface area contributed by atoms with E-state index in [-0.39, 0.29) is 5.91 Å². The monoisotopic (exact) mass is 325 g/mol. The molecule has 3 heterocycles. The van der Waals surface area contributed by atoms with Gasteiger partial charge in [0, 0.05) is 32.1 Å². The third kappa shape index (κ3) is 2.48. The van der Waals surface area contributed by atoms with Crippen molar-refractivity contribution in [2.24, 2.45) is 0 Å². The molecule has 0 radical (unpaired) electrons. The Labute approximate surface area is 139 Å². The quantitative estimate of drug-likeness (QED) is 0.914. The van der Waals surface area contributed by atoms with Gasteiger partial charge in [-0.1, -0.05) is 24.3 Å². The number of carboxylic acids is 1. The van der Waals surface area contributed by atoms with Gasteiger partial charge in [-0.15, -0.1) is 0 Å². The molecule has 1 unspecified atom stereocenters. The Hall–Kier alpha value is -2.63. The van der Waals surface area contributed by atoms with Crippen molar-refractivity contribution in [3.63, 3.8) is 0 Å². The summed E-state index contributed by atoms with van der Waals surface area (Å²) in [4.78, 5) is 30.5. The lowest BCUT2D eigenvalue weighted by Gasteiger charge is -2.34. The summed E-state index contributed by atoms with van der Waals surface area (Å²) in [6.07, 6.45) is 5.16. The van der Waals surface area contributed by atoms with Crippen molar-refractivity contribution in [2.75, 3.05) is 0 Å². The van der Waals surface area contributed by atoms with E-state index in [1.165, 1.54) is 4.90 Å². The van der Waals surface area contributed by atoms with Crippen molar-refractivity contribution in [2.45, 2.75) is 44.8 Å². The summed E-state index contributed by atoms with van der Waals surface area (Å²) in [6.45, 7) is 1.19. The van der Waals surface area contributed by atoms with Gasteiger partial charge in [-0.2, -0.15) is 0 Å². The number of aliphatic carboxylic acids is 1. The van der Waals surface area contributed by atoms with Gasteiger partial charge in [-0.05, 0) is 24.0 Å². The van der Waals surface area contributed by atoms with Crippen LogP contribution in [0.15, 0.2) is 30.5 Å². The summed E-state index contributed by atoms with van der Waals surface area (Å²) in [6, 6.07) is 6.86. The van der Waals surface area contributed by atoms with Crippen LogP contribution in [-0.4, -0.2) is 37.5 Å². The summed E-state index contributed by atoms with van der Waals surface area (Å²) in [7, 11) is 0. The normalized spacial score (nSPS) is 19.5. The van der Waals surface area contributed by atoms with E-state index in [2.05, 4.69) is 4.98 Å². The fourth-order valence-electron chi connectivity index (χ4n) is 3.62. The zero-order valence-corrected chi connectivity index (χ0v) is 13.3. The Balaban J connectivity index is 1.67. The Kier molecular flexibility index (Phi) is 3.59. The van der Waals surface area contributed by atoms with E-state index < -0.39 is 12.0 Å². The Bertz CT molecular complexity index is 788. The number of hydrogen-bond donors (Lipinski definition) is 1. The molecular weight excluding hydrogens is 306 g/mol. The van der Waals surface area contributed by atoms with Crippen molar-refractivity contribution in [3.8, 4) is 0 Å². The molecule has 0 saturated heterocycles. The molecule has 4 rings (SSSR count). The second-order valence-corrected chi connectivity index (χ2v) is 6.45. The summed E-state index contributed by atoms with van der Waals surface area (Å²) in [5, 5.41) is 9.57. The van der Waals surface area contributed by atoms with Crippen LogP contribution in [0, 0.1) is 0 Å². The number of carbonyl (C=O) groups excluding carboxylic acids is 1. The molecule has 1 aromatic heterocycles. The molecule has 0 aliphatic carbocycles. The van der Waals surface area contributed by atoms with Crippen LogP contribution in [0.25, 0.3) is 0 Å². The molecule has 0 fully saturated rings. The molecule has 1 N–H and O–H groups in total. The molecule has 24 heavy (non-hydrogen) atoms. The van der Waals surface area contributed by atoms with Gasteiger partial charge in [0.15, 0.2) is 0 Å². The lowest BCUT2D eigenvalue weighted by Crippen LogP contribution is -2.48. The molecule has 6 heteroatoms. The third-order valence-corrected chi connectivity index (χ3v) is 4.92. The first-order valence-electron chi connectivity index (χ1n) is 8.30. The zero-order valence-electron chi connectivity index (χ0n) is 13.3. The van der Waals surface area contributed by atoms with Crippen LogP contribution in [0.2, 0.25) is 0 Å². The minimum atomic E-state index is -0.971. The highest BCUT2D eigenvalue weighted by molar-refractivity contribution is 5.95. The summed E-state index contributed by atoms with van der Waals surface area (Å²) in [5.41, 5.74) is 2.36. The van der Waals surface area contributed by atoms with Gasteiger partial charge in [0.2, 0.25) is 0 Å². The predicted octanol–water partition coefficient (Wildman–Crippen LogP) is 1.87. The molecule has 1 atom stereocenters. The van der Waals surface area contributed by atoms with Crippen molar-refractivity contribution in [1.82, 2.24) is 14.5 Å². The second kappa shape index (κ2) is 5.78. The van der Waals surface area contributed by atoms with Gasteiger partial charge in [0.1, 0.15) is 17.6 Å². The van der Waals surface area contributed by atoms with Crippen LogP contribution >= 0.6 is 0 Å². The number of rotatable bonds is 2. The summed E-state index contributed by atoms with van der Waals surface area (Å²) in [5.74, 6) is -0.338. The number of benzene rings is 1. The fraction of sp³-hybridized carbons (Fsp3) is 0.389. The van der Waals surface area contributed by atoms with Crippen LogP contribution < -0.4 is 0 Å². The molecule has 2 aromatic rings. The van der Waals surface area contributed by atoms with Gasteiger partial charge in [-0.25, -0.2) is 9.78 Å². The SMILES string of the molecule is O=C(O)C1Cc2ccccc2CN1C(=O)c1cn2c(n1)CCCC2. The van der Waals surface area contributed by atoms with Crippen LogP contribution in [0.4, 0.5) is 0 Å². The minimum Gasteiger partial charge on any atom is -0.480 e. The number of imidazole rings is 1. The molecule has 6 nitrogen and oxygen atoms in total. The lowest BCUT2D eigenvalue weighted by atomic mass is 9.94. The number of carboxylic acid groups (broad SMARTS) is 1. The maximum atomic E-state index is 12.9. The largest absolute Gasteiger partial charge is 0.480 e. The minimum absolute atomic E-state index is 0.293. The number of amides is 1. The molecule has 0 spiro atoms. The van der Waals surface area contributed by atoms with Crippen LogP contribution in [-0.2, 0) is 30.7 Å². The van der Waals surface area contributed by atoms with Gasteiger partial charge in [0.05, 0.1) is 0 Å². The number of aromatic nitrogens is 2. The second-order valence-electron chi connectivity index (χ2n) is 6.45. The number of nitrogens with zero attached hydrogens (tertiary/aromatic N) is 3. The number of hydrogen-bond acceptors (Lipinski definition) is 3. The van der Waals surface area contributed by atoms with E-state index in [0.29, 0.717) is 18.7 Å². The van der Waals surface area contributed by atoms with E-state index in [1.54, 1.807) is 6.20 Å². The van der Waals surface area contributed by atoms with Crippen molar-refractivity contribution in [1.29, 1.82) is 0 Å². The average Bonchev–Trinajstić information content (AvgIpc) is 3.04. The molecule has 2 aliphatic rings. The molecule has 1 amide bonds. The smallest absolute Gasteiger partial charge is 0.326 e. The summed E-state index contributed by atoms with van der Waals surface area (Å²) >= 11 is 0. The molecular formula is C18H19N3O3. The van der Waals surface area contributed by atoms with Crippen LogP contribution in [0.1, 0.15) is 40.3 Å². The van der Waals surface area contributed by atoms with Crippen LogP contribution in [0.3, 0.4) is 0 Å². The molecule has 2 aliphatic heterocycles. The fourth-order valence-corrected chi connectivity index (χ4v) is 3.62. The van der Waals surface area contributed by atoms with E-state index in [1.807, 2.05) is 28.8 Å². The molecule has 124 valence electrons. The van der Waals surface area contributed by atoms with E-state index >= 15 is 0 Å². The first kappa shape index (κ1) is 14.9. The Morgan fingerprint density at radius 1 is 1.17 bits per heavy atom. The molecule has 0 saturated carbocycles.